The number of halogens is 3. The van der Waals surface area contributed by atoms with Crippen LogP contribution < -0.4 is 0 Å². The Morgan fingerprint density at radius 1 is 1.10 bits per heavy atom. The van der Waals surface area contributed by atoms with E-state index >= 15 is 0 Å². The minimum Gasteiger partial charge on any atom is -0.212 e. The normalized spacial score (nSPS) is 30.6. The Bertz CT molecular complexity index is 683. The lowest BCUT2D eigenvalue weighted by Crippen LogP contribution is -2.37. The Balaban J connectivity index is 1.98. The molecular weight excluding hydrogens is 306 g/mol. The van der Waals surface area contributed by atoms with Gasteiger partial charge in [0.05, 0.1) is 15.5 Å². The van der Waals surface area contributed by atoms with Gasteiger partial charge in [-0.15, -0.1) is 0 Å². The summed E-state index contributed by atoms with van der Waals surface area (Å²) in [7, 11) is 0. The predicted octanol–water partition coefficient (Wildman–Crippen LogP) is 6.09. The van der Waals surface area contributed by atoms with Gasteiger partial charge in [0, 0.05) is 11.0 Å². The highest BCUT2D eigenvalue weighted by Gasteiger charge is 2.46. The predicted molar refractivity (Wildman–Crippen MR) is 86.3 cm³/mol. The molecule has 3 heteroatoms. The van der Waals surface area contributed by atoms with Gasteiger partial charge in [0.25, 0.3) is 0 Å². The lowest BCUT2D eigenvalue weighted by molar-refractivity contribution is 0.132. The molecule has 0 saturated heterocycles. The second kappa shape index (κ2) is 5.04. The van der Waals surface area contributed by atoms with Crippen molar-refractivity contribution in [2.75, 3.05) is 0 Å². The molecule has 0 N–H and O–H groups in total. The fraction of sp³-hybridized carbons (Fsp3) is 0.444. The molecule has 2 bridgehead atoms. The summed E-state index contributed by atoms with van der Waals surface area (Å²) < 4.78 is 14.2. The van der Waals surface area contributed by atoms with E-state index in [0.717, 1.165) is 31.2 Å². The van der Waals surface area contributed by atoms with Crippen molar-refractivity contribution < 1.29 is 4.39 Å². The number of hydrogen-bond acceptors (Lipinski definition) is 0. The molecule has 3 aliphatic rings. The molecule has 0 heterocycles. The zero-order chi connectivity index (χ0) is 15.3. The topological polar surface area (TPSA) is 0 Å². The van der Waals surface area contributed by atoms with E-state index in [1.165, 1.54) is 0 Å². The van der Waals surface area contributed by atoms with Gasteiger partial charge in [0.15, 0.2) is 0 Å². The highest BCUT2D eigenvalue weighted by Crippen LogP contribution is 2.55. The minimum atomic E-state index is -0.331. The van der Waals surface area contributed by atoms with Gasteiger partial charge in [0.2, 0.25) is 0 Å². The van der Waals surface area contributed by atoms with Gasteiger partial charge in [-0.1, -0.05) is 48.0 Å². The van der Waals surface area contributed by atoms with Crippen molar-refractivity contribution in [3.63, 3.8) is 0 Å². The fourth-order valence-corrected chi connectivity index (χ4v) is 3.57. The molecule has 0 unspecified atom stereocenters. The Morgan fingerprint density at radius 3 is 2.38 bits per heavy atom. The molecule has 21 heavy (non-hydrogen) atoms. The summed E-state index contributed by atoms with van der Waals surface area (Å²) in [6, 6.07) is 3.79. The molecule has 0 radical (unpaired) electrons. The van der Waals surface area contributed by atoms with Crippen LogP contribution in [0.15, 0.2) is 24.0 Å². The summed E-state index contributed by atoms with van der Waals surface area (Å²) in [4.78, 5) is 0. The third-order valence-corrected chi connectivity index (χ3v) is 5.92. The fourth-order valence-electron chi connectivity index (χ4n) is 3.14. The van der Waals surface area contributed by atoms with Gasteiger partial charge < -0.3 is 0 Å². The van der Waals surface area contributed by atoms with Crippen LogP contribution in [0.5, 0.6) is 0 Å². The SMILES string of the molecule is Cc1ccc(C#CC23C=C(F)C(C)(CC2)CC3)c(Cl)c1Cl. The second-order valence-corrected chi connectivity index (χ2v) is 7.27. The van der Waals surface area contributed by atoms with Crippen LogP contribution in [0.3, 0.4) is 0 Å². The summed E-state index contributed by atoms with van der Waals surface area (Å²) >= 11 is 12.4. The van der Waals surface area contributed by atoms with Gasteiger partial charge in [0.1, 0.15) is 5.83 Å². The highest BCUT2D eigenvalue weighted by molar-refractivity contribution is 6.43. The van der Waals surface area contributed by atoms with E-state index in [1.807, 2.05) is 26.0 Å². The number of fused-ring (bicyclic) bond motifs is 2. The number of benzene rings is 1. The Hall–Kier alpha value is -0.970. The van der Waals surface area contributed by atoms with Crippen LogP contribution in [0.25, 0.3) is 0 Å². The molecule has 1 aromatic carbocycles. The maximum atomic E-state index is 14.2. The zero-order valence-corrected chi connectivity index (χ0v) is 13.7. The summed E-state index contributed by atoms with van der Waals surface area (Å²) in [6.07, 6.45) is 5.30. The first kappa shape index (κ1) is 14.9. The first-order valence-electron chi connectivity index (χ1n) is 7.22. The molecule has 1 saturated carbocycles. The second-order valence-electron chi connectivity index (χ2n) is 6.52. The van der Waals surface area contributed by atoms with Gasteiger partial charge in [-0.2, -0.15) is 0 Å². The maximum absolute atomic E-state index is 14.2. The molecule has 4 rings (SSSR count). The summed E-state index contributed by atoms with van der Waals surface area (Å²) in [5.41, 5.74) is 1.06. The molecule has 0 nitrogen and oxygen atoms in total. The number of aryl methyl sites for hydroxylation is 1. The first-order valence-corrected chi connectivity index (χ1v) is 7.98. The van der Waals surface area contributed by atoms with Crippen molar-refractivity contribution in [1.29, 1.82) is 0 Å². The quantitative estimate of drug-likeness (QED) is 0.507. The molecule has 3 aliphatic carbocycles. The molecule has 0 aromatic heterocycles. The number of allylic oxidation sites excluding steroid dienone is 2. The maximum Gasteiger partial charge on any atom is 0.103 e. The van der Waals surface area contributed by atoms with Crippen molar-refractivity contribution >= 4 is 23.2 Å². The van der Waals surface area contributed by atoms with Crippen LogP contribution in [0, 0.1) is 29.6 Å². The van der Waals surface area contributed by atoms with Gasteiger partial charge >= 0.3 is 0 Å². The van der Waals surface area contributed by atoms with Crippen LogP contribution in [0.4, 0.5) is 4.39 Å². The molecule has 0 spiro atoms. The number of hydrogen-bond donors (Lipinski definition) is 0. The summed E-state index contributed by atoms with van der Waals surface area (Å²) in [6.45, 7) is 3.91. The van der Waals surface area contributed by atoms with Gasteiger partial charge in [-0.05, 0) is 50.3 Å². The van der Waals surface area contributed by atoms with E-state index in [2.05, 4.69) is 11.8 Å². The van der Waals surface area contributed by atoms with E-state index in [9.17, 15) is 4.39 Å². The Kier molecular flexibility index (Phi) is 3.59. The standard InChI is InChI=1S/C18H17Cl2F/c1-12-3-4-13(16(20)15(12)19)5-6-18-9-7-17(2,8-10-18)14(21)11-18/h3-4,11H,7-10H2,1-2H3. The molecule has 110 valence electrons. The zero-order valence-electron chi connectivity index (χ0n) is 12.2. The van der Waals surface area contributed by atoms with Crippen LogP contribution in [-0.2, 0) is 0 Å². The molecular formula is C18H17Cl2F. The Labute approximate surface area is 135 Å². The van der Waals surface area contributed by atoms with Crippen LogP contribution in [0.1, 0.15) is 43.7 Å². The average molecular weight is 323 g/mol. The summed E-state index contributed by atoms with van der Waals surface area (Å²) in [5, 5.41) is 1.03. The lowest BCUT2D eigenvalue weighted by Gasteiger charge is -2.45. The van der Waals surface area contributed by atoms with Crippen molar-refractivity contribution in [1.82, 2.24) is 0 Å². The molecule has 1 fully saturated rings. The molecule has 0 amide bonds. The Morgan fingerprint density at radius 2 is 1.76 bits per heavy atom. The highest BCUT2D eigenvalue weighted by atomic mass is 35.5. The third-order valence-electron chi connectivity index (χ3n) is 4.95. The van der Waals surface area contributed by atoms with E-state index < -0.39 is 0 Å². The van der Waals surface area contributed by atoms with E-state index in [1.54, 1.807) is 6.08 Å². The average Bonchev–Trinajstić information content (AvgIpc) is 2.46. The van der Waals surface area contributed by atoms with Crippen molar-refractivity contribution in [2.45, 2.75) is 39.5 Å². The largest absolute Gasteiger partial charge is 0.212 e. The minimum absolute atomic E-state index is 0.00216. The summed E-state index contributed by atoms with van der Waals surface area (Å²) in [5.74, 6) is 6.39. The first-order chi connectivity index (χ1) is 9.85. The van der Waals surface area contributed by atoms with Crippen molar-refractivity contribution in [2.24, 2.45) is 10.8 Å². The van der Waals surface area contributed by atoms with Crippen LogP contribution in [0.2, 0.25) is 10.0 Å². The van der Waals surface area contributed by atoms with Crippen LogP contribution in [-0.4, -0.2) is 0 Å². The monoisotopic (exact) mass is 322 g/mol. The van der Waals surface area contributed by atoms with Crippen LogP contribution >= 0.6 is 23.2 Å². The van der Waals surface area contributed by atoms with Crippen molar-refractivity contribution in [3.05, 3.63) is 45.2 Å². The third kappa shape index (κ3) is 2.50. The molecule has 1 aromatic rings. The number of rotatable bonds is 0. The van der Waals surface area contributed by atoms with E-state index in [4.69, 9.17) is 23.2 Å². The van der Waals surface area contributed by atoms with Gasteiger partial charge in [-0.25, -0.2) is 4.39 Å². The lowest BCUT2D eigenvalue weighted by atomic mass is 9.58. The smallest absolute Gasteiger partial charge is 0.103 e. The van der Waals surface area contributed by atoms with Crippen molar-refractivity contribution in [3.8, 4) is 11.8 Å². The van der Waals surface area contributed by atoms with Gasteiger partial charge in [-0.3, -0.25) is 0 Å². The van der Waals surface area contributed by atoms with E-state index in [0.29, 0.717) is 15.6 Å². The van der Waals surface area contributed by atoms with E-state index in [-0.39, 0.29) is 16.7 Å². The molecule has 0 atom stereocenters. The molecule has 0 aliphatic heterocycles.